The molecule has 4 N–H and O–H groups in total. The number of hydrogen-bond acceptors (Lipinski definition) is 5. The summed E-state index contributed by atoms with van der Waals surface area (Å²) in [6.07, 6.45) is -1.39. The number of benzene rings is 1. The summed E-state index contributed by atoms with van der Waals surface area (Å²) in [5, 5.41) is 28.4. The summed E-state index contributed by atoms with van der Waals surface area (Å²) in [7, 11) is 0. The molecule has 0 bridgehead atoms. The highest BCUT2D eigenvalue weighted by atomic mass is 35.5. The third-order valence-electron chi connectivity index (χ3n) is 2.07. The van der Waals surface area contributed by atoms with Gasteiger partial charge in [0.05, 0.1) is 4.92 Å². The lowest BCUT2D eigenvalue weighted by Crippen LogP contribution is -2.36. The van der Waals surface area contributed by atoms with Gasteiger partial charge in [-0.3, -0.25) is 14.9 Å². The van der Waals surface area contributed by atoms with Crippen LogP contribution in [0, 0.1) is 10.1 Å². The normalized spacial score (nSPS) is 13.3. The maximum Gasteiger partial charge on any atom is 0.323 e. The average molecular weight is 263 g/mol. The van der Waals surface area contributed by atoms with Crippen LogP contribution in [0.5, 0.6) is 0 Å². The van der Waals surface area contributed by atoms with Crippen molar-refractivity contribution in [2.24, 2.45) is 5.73 Å². The van der Waals surface area contributed by atoms with Gasteiger partial charge in [0.25, 0.3) is 5.69 Å². The van der Waals surface area contributed by atoms with E-state index in [1.807, 2.05) is 0 Å². The molecule has 0 aliphatic rings. The van der Waals surface area contributed by atoms with Crippen LogP contribution < -0.4 is 5.73 Å². The largest absolute Gasteiger partial charge is 0.480 e. The molecule has 0 saturated heterocycles. The van der Waals surface area contributed by atoms with E-state index >= 15 is 0 Å². The van der Waals surface area contributed by atoms with E-state index < -0.39 is 23.0 Å². The van der Waals surface area contributed by atoms with Crippen molar-refractivity contribution in [3.63, 3.8) is 0 Å². The lowest BCUT2D eigenvalue weighted by Gasteiger charge is -2.14. The molecular formula is C9H11ClN2O5. The molecule has 2 atom stereocenters. The quantitative estimate of drug-likeness (QED) is 0.534. The van der Waals surface area contributed by atoms with Gasteiger partial charge in [0, 0.05) is 12.1 Å². The summed E-state index contributed by atoms with van der Waals surface area (Å²) in [5.74, 6) is -1.34. The van der Waals surface area contributed by atoms with Gasteiger partial charge in [-0.05, 0) is 17.7 Å². The Morgan fingerprint density at radius 3 is 2.18 bits per heavy atom. The summed E-state index contributed by atoms with van der Waals surface area (Å²) >= 11 is 0. The van der Waals surface area contributed by atoms with Crippen LogP contribution in [0.3, 0.4) is 0 Å². The van der Waals surface area contributed by atoms with E-state index in [9.17, 15) is 20.0 Å². The Morgan fingerprint density at radius 2 is 1.82 bits per heavy atom. The van der Waals surface area contributed by atoms with Gasteiger partial charge in [0.1, 0.15) is 12.1 Å². The molecule has 1 aromatic carbocycles. The van der Waals surface area contributed by atoms with Crippen LogP contribution in [0.15, 0.2) is 24.3 Å². The lowest BCUT2D eigenvalue weighted by atomic mass is 10.0. The zero-order valence-electron chi connectivity index (χ0n) is 8.52. The van der Waals surface area contributed by atoms with E-state index in [2.05, 4.69) is 0 Å². The van der Waals surface area contributed by atoms with Crippen molar-refractivity contribution in [2.45, 2.75) is 12.1 Å². The number of aliphatic hydroxyl groups excluding tert-OH is 1. The molecule has 0 aliphatic carbocycles. The number of nitro groups is 1. The maximum absolute atomic E-state index is 10.5. The van der Waals surface area contributed by atoms with Gasteiger partial charge >= 0.3 is 5.97 Å². The molecule has 0 heterocycles. The van der Waals surface area contributed by atoms with Crippen molar-refractivity contribution in [1.29, 1.82) is 0 Å². The molecule has 94 valence electrons. The van der Waals surface area contributed by atoms with Gasteiger partial charge in [-0.2, -0.15) is 0 Å². The minimum Gasteiger partial charge on any atom is -0.480 e. The number of carbonyl (C=O) groups is 1. The number of aliphatic hydroxyl groups is 1. The molecule has 0 amide bonds. The summed E-state index contributed by atoms with van der Waals surface area (Å²) in [6, 6.07) is 3.43. The molecular weight excluding hydrogens is 252 g/mol. The summed E-state index contributed by atoms with van der Waals surface area (Å²) in [6.45, 7) is 0. The van der Waals surface area contributed by atoms with E-state index in [4.69, 9.17) is 10.8 Å². The Hall–Kier alpha value is -1.70. The minimum atomic E-state index is -1.46. The highest BCUT2D eigenvalue weighted by Crippen LogP contribution is 2.19. The Labute approximate surface area is 102 Å². The van der Waals surface area contributed by atoms with Gasteiger partial charge in [0.2, 0.25) is 0 Å². The van der Waals surface area contributed by atoms with E-state index in [0.29, 0.717) is 0 Å². The second-order valence-corrected chi connectivity index (χ2v) is 3.16. The first-order valence-electron chi connectivity index (χ1n) is 4.34. The fourth-order valence-electron chi connectivity index (χ4n) is 1.14. The summed E-state index contributed by atoms with van der Waals surface area (Å²) in [4.78, 5) is 20.3. The molecule has 0 spiro atoms. The lowest BCUT2D eigenvalue weighted by molar-refractivity contribution is -0.384. The summed E-state index contributed by atoms with van der Waals surface area (Å²) < 4.78 is 0. The molecule has 17 heavy (non-hydrogen) atoms. The van der Waals surface area contributed by atoms with Gasteiger partial charge < -0.3 is 15.9 Å². The molecule has 0 unspecified atom stereocenters. The van der Waals surface area contributed by atoms with Crippen molar-refractivity contribution in [3.05, 3.63) is 39.9 Å². The van der Waals surface area contributed by atoms with Crippen LogP contribution in [0.25, 0.3) is 0 Å². The third kappa shape index (κ3) is 3.66. The number of nitro benzene ring substituents is 1. The number of non-ortho nitro benzene ring substituents is 1. The molecule has 7 nitrogen and oxygen atoms in total. The minimum absolute atomic E-state index is 0. The standard InChI is InChI=1S/C9H10N2O5.ClH/c10-7(9(13)14)8(12)5-1-3-6(4-2-5)11(15)16;/h1-4,7-8,12H,10H2,(H,13,14);1H/t7-,8+;/m0./s1. The number of rotatable bonds is 4. The second-order valence-electron chi connectivity index (χ2n) is 3.16. The molecule has 0 radical (unpaired) electrons. The van der Waals surface area contributed by atoms with Crippen LogP contribution in [0.2, 0.25) is 0 Å². The first-order valence-corrected chi connectivity index (χ1v) is 4.34. The van der Waals surface area contributed by atoms with Crippen molar-refractivity contribution in [2.75, 3.05) is 0 Å². The fourth-order valence-corrected chi connectivity index (χ4v) is 1.14. The number of nitrogens with two attached hydrogens (primary N) is 1. The van der Waals surface area contributed by atoms with Crippen molar-refractivity contribution >= 4 is 24.1 Å². The zero-order valence-corrected chi connectivity index (χ0v) is 9.33. The van der Waals surface area contributed by atoms with Gasteiger partial charge in [0.15, 0.2) is 0 Å². The number of halogens is 1. The first kappa shape index (κ1) is 15.3. The van der Waals surface area contributed by atoms with Crippen molar-refractivity contribution in [1.82, 2.24) is 0 Å². The number of carboxylic acids is 1. The van der Waals surface area contributed by atoms with Gasteiger partial charge in [-0.15, -0.1) is 12.4 Å². The predicted molar refractivity (Wildman–Crippen MR) is 60.9 cm³/mol. The monoisotopic (exact) mass is 262 g/mol. The van der Waals surface area contributed by atoms with Gasteiger partial charge in [-0.25, -0.2) is 0 Å². The molecule has 0 aliphatic heterocycles. The van der Waals surface area contributed by atoms with Crippen LogP contribution in [0.4, 0.5) is 5.69 Å². The van der Waals surface area contributed by atoms with Crippen LogP contribution in [0.1, 0.15) is 11.7 Å². The smallest absolute Gasteiger partial charge is 0.323 e. The SMILES string of the molecule is Cl.N[C@H](C(=O)O)[C@H](O)c1ccc([N+](=O)[O-])cc1. The Balaban J connectivity index is 0.00000256. The highest BCUT2D eigenvalue weighted by molar-refractivity contribution is 5.85. The maximum atomic E-state index is 10.5. The van der Waals surface area contributed by atoms with E-state index in [-0.39, 0.29) is 23.7 Å². The van der Waals surface area contributed by atoms with E-state index in [1.54, 1.807) is 0 Å². The molecule has 1 rings (SSSR count). The number of aliphatic carboxylic acids is 1. The van der Waals surface area contributed by atoms with Crippen molar-refractivity contribution in [3.8, 4) is 0 Å². The van der Waals surface area contributed by atoms with Crippen LogP contribution >= 0.6 is 12.4 Å². The Morgan fingerprint density at radius 1 is 1.35 bits per heavy atom. The molecule has 0 fully saturated rings. The van der Waals surface area contributed by atoms with E-state index in [1.165, 1.54) is 24.3 Å². The van der Waals surface area contributed by atoms with Crippen LogP contribution in [-0.2, 0) is 4.79 Å². The van der Waals surface area contributed by atoms with Crippen molar-refractivity contribution < 1.29 is 19.9 Å². The number of nitrogens with zero attached hydrogens (tertiary/aromatic N) is 1. The fraction of sp³-hybridized carbons (Fsp3) is 0.222. The molecule has 8 heteroatoms. The molecule has 0 aromatic heterocycles. The molecule has 0 saturated carbocycles. The predicted octanol–water partition coefficient (Wildman–Crippen LogP) is 0.462. The Kier molecular flexibility index (Phi) is 5.52. The van der Waals surface area contributed by atoms with E-state index in [0.717, 1.165) is 0 Å². The first-order chi connectivity index (χ1) is 7.43. The zero-order chi connectivity index (χ0) is 12.3. The highest BCUT2D eigenvalue weighted by Gasteiger charge is 2.23. The average Bonchev–Trinajstić information content (AvgIpc) is 2.27. The molecule has 1 aromatic rings. The van der Waals surface area contributed by atoms with Gasteiger partial charge in [-0.1, -0.05) is 0 Å². The number of carboxylic acid groups (broad SMARTS) is 1. The second kappa shape index (κ2) is 6.14. The third-order valence-corrected chi connectivity index (χ3v) is 2.07. The topological polar surface area (TPSA) is 127 Å². The Bertz CT molecular complexity index is 408. The van der Waals surface area contributed by atoms with Crippen LogP contribution in [-0.4, -0.2) is 27.1 Å². The summed E-state index contributed by atoms with van der Waals surface area (Å²) in [5.41, 5.74) is 5.29. The number of hydrogen-bond donors (Lipinski definition) is 3.